The summed E-state index contributed by atoms with van der Waals surface area (Å²) in [4.78, 5) is 29.1. The molecule has 0 aromatic carbocycles. The molecule has 5 nitrogen and oxygen atoms in total. The number of hydrogen-bond acceptors (Lipinski definition) is 4. The molecule has 1 N–H and O–H groups in total. The van der Waals surface area contributed by atoms with Crippen LogP contribution in [0.25, 0.3) is 0 Å². The summed E-state index contributed by atoms with van der Waals surface area (Å²) < 4.78 is 0. The van der Waals surface area contributed by atoms with Crippen LogP contribution in [0.15, 0.2) is 18.3 Å². The predicted molar refractivity (Wildman–Crippen MR) is 80.0 cm³/mol. The molecule has 1 aliphatic heterocycles. The van der Waals surface area contributed by atoms with Gasteiger partial charge < -0.3 is 29.0 Å². The Labute approximate surface area is 139 Å². The molecule has 0 aliphatic carbocycles. The van der Waals surface area contributed by atoms with Crippen molar-refractivity contribution in [2.24, 2.45) is 0 Å². The van der Waals surface area contributed by atoms with E-state index in [0.29, 0.717) is 17.6 Å². The number of ketones is 1. The fourth-order valence-corrected chi connectivity index (χ4v) is 1.59. The zero-order chi connectivity index (χ0) is 14.3. The van der Waals surface area contributed by atoms with Gasteiger partial charge in [-0.3, -0.25) is 9.78 Å². The van der Waals surface area contributed by atoms with E-state index in [1.165, 1.54) is 38.7 Å². The molecule has 1 aromatic rings. The van der Waals surface area contributed by atoms with Crippen LogP contribution in [0, 0.1) is 14.4 Å². The van der Waals surface area contributed by atoms with E-state index in [0.717, 1.165) is 0 Å². The molecule has 0 amide bonds. The monoisotopic (exact) mass is 283 g/mol. The van der Waals surface area contributed by atoms with E-state index in [-0.39, 0.29) is 32.1 Å². The van der Waals surface area contributed by atoms with Gasteiger partial charge in [0.05, 0.1) is 11.9 Å². The average Bonchev–Trinajstić information content (AvgIpc) is 2.72. The van der Waals surface area contributed by atoms with Crippen LogP contribution in [-0.4, -0.2) is 46.1 Å². The van der Waals surface area contributed by atoms with E-state index < -0.39 is 0 Å². The smallest absolute Gasteiger partial charge is 0.419 e. The zero-order valence-corrected chi connectivity index (χ0v) is 13.3. The van der Waals surface area contributed by atoms with Crippen molar-refractivity contribution in [3.05, 3.63) is 44.2 Å². The molecule has 0 radical (unpaired) electrons. The van der Waals surface area contributed by atoms with E-state index in [9.17, 15) is 9.59 Å². The number of allylic oxidation sites excluding steroid dienone is 1. The van der Waals surface area contributed by atoms with Crippen molar-refractivity contribution in [3.63, 3.8) is 0 Å². The first-order valence-corrected chi connectivity index (χ1v) is 6.21. The Bertz CT molecular complexity index is 454. The molecule has 1 fully saturated rings. The molecule has 1 atom stereocenters. The molecular formula is C15H22LiN3O2-2. The second-order valence-corrected chi connectivity index (χ2v) is 4.41. The number of carbonyl (C=O) groups excluding carboxylic acids is 2. The molecule has 2 rings (SSSR count). The molecule has 0 unspecified atom stereocenters. The first-order chi connectivity index (χ1) is 9.04. The van der Waals surface area contributed by atoms with E-state index in [2.05, 4.69) is 28.7 Å². The number of aromatic amines is 1. The summed E-state index contributed by atoms with van der Waals surface area (Å²) in [6, 6.07) is 0.412. The van der Waals surface area contributed by atoms with Crippen LogP contribution in [0.1, 0.15) is 36.6 Å². The van der Waals surface area contributed by atoms with Gasteiger partial charge in [-0.1, -0.05) is 6.92 Å². The average molecular weight is 283 g/mol. The predicted octanol–water partition coefficient (Wildman–Crippen LogP) is -1.00. The maximum atomic E-state index is 10.6. The van der Waals surface area contributed by atoms with Crippen molar-refractivity contribution in [2.75, 3.05) is 13.1 Å². The molecule has 0 spiro atoms. The molecule has 21 heavy (non-hydrogen) atoms. The normalized spacial score (nSPS) is 14.8. The van der Waals surface area contributed by atoms with Crippen LogP contribution in [0.4, 0.5) is 0 Å². The molecule has 0 bridgehead atoms. The molecule has 1 aromatic heterocycles. The van der Waals surface area contributed by atoms with Gasteiger partial charge in [0.1, 0.15) is 0 Å². The quantitative estimate of drug-likeness (QED) is 0.333. The number of nitrogens with one attached hydrogen (secondary N) is 1. The standard InChI is InChI=1S/C8H12NO.C6H7N2O.CH3.Li/c1-8(4-2-7-10)9-5-3-6-9;1-4(9)6-3-7-5(2)8-6;;/h2,4,8H,3,5-6H2,1H3;3H,2H2,1H3,(H,7,8);1H3;/q3*-1;+1/b4-2+;;;/t8-;;;/m0.../s1. The number of rotatable bonds is 4. The summed E-state index contributed by atoms with van der Waals surface area (Å²) in [6.07, 6.45) is 7.84. The van der Waals surface area contributed by atoms with Gasteiger partial charge in [-0.25, -0.2) is 6.08 Å². The largest absolute Gasteiger partial charge is 1.00 e. The number of Topliss-reactive ketones (excluding diaryl/α,β-unsaturated/α-hetero) is 1. The van der Waals surface area contributed by atoms with Crippen LogP contribution < -0.4 is 18.9 Å². The van der Waals surface area contributed by atoms with E-state index in [4.69, 9.17) is 0 Å². The molecule has 1 aliphatic rings. The number of imidazole rings is 1. The van der Waals surface area contributed by atoms with Crippen LogP contribution >= 0.6 is 0 Å². The van der Waals surface area contributed by atoms with Crippen molar-refractivity contribution in [3.8, 4) is 0 Å². The van der Waals surface area contributed by atoms with Crippen LogP contribution in [0.2, 0.25) is 0 Å². The Hall–Kier alpha value is -1.28. The van der Waals surface area contributed by atoms with Gasteiger partial charge in [-0.15, -0.1) is 0 Å². The third-order valence-corrected chi connectivity index (χ3v) is 2.92. The van der Waals surface area contributed by atoms with Crippen molar-refractivity contribution in [1.29, 1.82) is 0 Å². The van der Waals surface area contributed by atoms with Crippen LogP contribution in [-0.2, 0) is 4.79 Å². The first kappa shape index (κ1) is 22.0. The Morgan fingerprint density at radius 1 is 1.57 bits per heavy atom. The second kappa shape index (κ2) is 11.4. The molecule has 6 heteroatoms. The maximum absolute atomic E-state index is 10.6. The number of H-pyrrole nitrogens is 1. The van der Waals surface area contributed by atoms with Gasteiger partial charge in [-0.2, -0.15) is 6.08 Å². The second-order valence-electron chi connectivity index (χ2n) is 4.41. The van der Waals surface area contributed by atoms with Gasteiger partial charge in [0.15, 0.2) is 5.78 Å². The fourth-order valence-electron chi connectivity index (χ4n) is 1.59. The van der Waals surface area contributed by atoms with Gasteiger partial charge in [0, 0.05) is 6.92 Å². The van der Waals surface area contributed by atoms with Crippen molar-refractivity contribution in [2.45, 2.75) is 26.3 Å². The Kier molecular flexibility index (Phi) is 11.9. The van der Waals surface area contributed by atoms with Crippen molar-refractivity contribution in [1.82, 2.24) is 14.9 Å². The third kappa shape index (κ3) is 7.91. The van der Waals surface area contributed by atoms with E-state index in [1.54, 1.807) is 6.29 Å². The molecular weight excluding hydrogens is 261 g/mol. The zero-order valence-electron chi connectivity index (χ0n) is 13.3. The van der Waals surface area contributed by atoms with Gasteiger partial charge >= 0.3 is 18.9 Å². The first-order valence-electron chi connectivity index (χ1n) is 6.21. The summed E-state index contributed by atoms with van der Waals surface area (Å²) in [5.41, 5.74) is 0.514. The minimum atomic E-state index is -0.0163. The van der Waals surface area contributed by atoms with Crippen molar-refractivity contribution < 1.29 is 28.4 Å². The third-order valence-electron chi connectivity index (χ3n) is 2.92. The van der Waals surface area contributed by atoms with Crippen LogP contribution in [0.3, 0.4) is 0 Å². The Morgan fingerprint density at radius 2 is 2.19 bits per heavy atom. The molecule has 2 heterocycles. The topological polar surface area (TPSA) is 66.1 Å². The van der Waals surface area contributed by atoms with Gasteiger partial charge in [0.2, 0.25) is 0 Å². The van der Waals surface area contributed by atoms with Gasteiger partial charge in [0.25, 0.3) is 0 Å². The number of hydrogen-bond donors (Lipinski definition) is 1. The minimum absolute atomic E-state index is 0. The number of aromatic nitrogens is 2. The molecule has 0 saturated carbocycles. The molecule has 1 saturated heterocycles. The van der Waals surface area contributed by atoms with E-state index >= 15 is 0 Å². The van der Waals surface area contributed by atoms with E-state index in [1.807, 2.05) is 6.08 Å². The Balaban J connectivity index is 0. The van der Waals surface area contributed by atoms with Crippen LogP contribution in [0.5, 0.6) is 0 Å². The maximum Gasteiger partial charge on any atom is 1.00 e. The summed E-state index contributed by atoms with van der Waals surface area (Å²) in [6.45, 7) is 9.42. The summed E-state index contributed by atoms with van der Waals surface area (Å²) in [5, 5.41) is 0. The molecule has 112 valence electrons. The summed E-state index contributed by atoms with van der Waals surface area (Å²) in [7, 11) is 0. The SMILES string of the molecule is C[C@@H](/C=C/[C-]=O)N1CCC1.[CH2-]c1ncc(C(C)=O)[nH]1.[CH3-].[Li+]. The number of likely N-dealkylation sites (tertiary alicyclic amines) is 1. The number of carbonyl (C=O) groups is 1. The summed E-state index contributed by atoms with van der Waals surface area (Å²) in [5.74, 6) is 0.512. The summed E-state index contributed by atoms with van der Waals surface area (Å²) >= 11 is 0. The Morgan fingerprint density at radius 3 is 2.48 bits per heavy atom. The fraction of sp³-hybridized carbons (Fsp3) is 0.400. The van der Waals surface area contributed by atoms with Gasteiger partial charge in [-0.05, 0) is 37.7 Å². The van der Waals surface area contributed by atoms with Crippen molar-refractivity contribution >= 4 is 12.1 Å². The minimum Gasteiger partial charge on any atom is -0.419 e. The number of nitrogens with zero attached hydrogens (tertiary/aromatic N) is 2.